The summed E-state index contributed by atoms with van der Waals surface area (Å²) < 4.78 is 25.1. The molecule has 0 aliphatic carbocycles. The average Bonchev–Trinajstić information content (AvgIpc) is 1.94. The Balaban J connectivity index is 3.13. The highest BCUT2D eigenvalue weighted by Gasteiger charge is 2.10. The Hall–Kier alpha value is -0.260. The molecule has 0 saturated heterocycles. The molecule has 0 aliphatic heterocycles. The van der Waals surface area contributed by atoms with Gasteiger partial charge in [0.2, 0.25) is 0 Å². The smallest absolute Gasteiger partial charge is 0.260 e. The van der Waals surface area contributed by atoms with E-state index in [1.54, 1.807) is 13.1 Å². The van der Waals surface area contributed by atoms with Crippen LogP contribution in [0.15, 0.2) is 12.3 Å². The van der Waals surface area contributed by atoms with Crippen molar-refractivity contribution in [2.45, 2.75) is 13.3 Å². The molecule has 1 aromatic rings. The van der Waals surface area contributed by atoms with Crippen molar-refractivity contribution in [2.24, 2.45) is 0 Å². The maximum absolute atomic E-state index is 12.2. The van der Waals surface area contributed by atoms with Gasteiger partial charge in [0.05, 0.1) is 0 Å². The molecule has 0 radical (unpaired) electrons. The summed E-state index contributed by atoms with van der Waals surface area (Å²) in [6, 6.07) is 1.45. The summed E-state index contributed by atoms with van der Waals surface area (Å²) in [7, 11) is 0. The first-order valence-corrected chi connectivity index (χ1v) is 4.09. The predicted molar refractivity (Wildman–Crippen MR) is 46.6 cm³/mol. The first-order valence-electron chi connectivity index (χ1n) is 3.01. The van der Waals surface area contributed by atoms with Gasteiger partial charge in [-0.3, -0.25) is 4.98 Å². The Labute approximate surface area is 77.0 Å². The van der Waals surface area contributed by atoms with E-state index in [1.165, 1.54) is 6.07 Å². The molecule has 1 heterocycles. The second-order valence-electron chi connectivity index (χ2n) is 2.13. The van der Waals surface area contributed by atoms with Crippen LogP contribution in [0, 0.1) is 10.5 Å². The van der Waals surface area contributed by atoms with Crippen LogP contribution in [0.5, 0.6) is 0 Å². The van der Waals surface area contributed by atoms with Gasteiger partial charge in [-0.05, 0) is 35.6 Å². The molecule has 11 heavy (non-hydrogen) atoms. The molecular formula is C7H6F2IN. The molecule has 0 atom stereocenters. The zero-order valence-electron chi connectivity index (χ0n) is 5.81. The summed E-state index contributed by atoms with van der Waals surface area (Å²) in [4.78, 5) is 3.81. The van der Waals surface area contributed by atoms with Crippen LogP contribution in [-0.4, -0.2) is 4.98 Å². The van der Waals surface area contributed by atoms with Gasteiger partial charge in [-0.1, -0.05) is 0 Å². The minimum Gasteiger partial charge on any atom is -0.260 e. The van der Waals surface area contributed by atoms with Gasteiger partial charge in [-0.25, -0.2) is 8.78 Å². The fourth-order valence-corrected chi connectivity index (χ4v) is 1.22. The Kier molecular flexibility index (Phi) is 2.75. The lowest BCUT2D eigenvalue weighted by Gasteiger charge is -2.02. The number of pyridine rings is 1. The number of nitrogens with zero attached hydrogens (tertiary/aromatic N) is 1. The minimum absolute atomic E-state index is 0.0249. The van der Waals surface area contributed by atoms with E-state index in [2.05, 4.69) is 4.98 Å². The Morgan fingerprint density at radius 2 is 2.18 bits per heavy atom. The predicted octanol–water partition coefficient (Wildman–Crippen LogP) is 2.93. The Morgan fingerprint density at radius 1 is 1.55 bits per heavy atom. The molecule has 0 aliphatic rings. The summed E-state index contributed by atoms with van der Waals surface area (Å²) >= 11 is 1.96. The van der Waals surface area contributed by atoms with E-state index in [4.69, 9.17) is 0 Å². The van der Waals surface area contributed by atoms with Crippen LogP contribution in [0.25, 0.3) is 0 Å². The number of halogens is 3. The second-order valence-corrected chi connectivity index (χ2v) is 3.37. The van der Waals surface area contributed by atoms with Crippen LogP contribution >= 0.6 is 22.6 Å². The van der Waals surface area contributed by atoms with Crippen molar-refractivity contribution < 1.29 is 8.78 Å². The van der Waals surface area contributed by atoms with Crippen LogP contribution in [-0.2, 0) is 0 Å². The number of hydrogen-bond donors (Lipinski definition) is 0. The highest BCUT2D eigenvalue weighted by atomic mass is 127. The molecule has 0 amide bonds. The molecular weight excluding hydrogens is 263 g/mol. The number of rotatable bonds is 1. The van der Waals surface area contributed by atoms with Crippen LogP contribution in [0.4, 0.5) is 8.78 Å². The van der Waals surface area contributed by atoms with Gasteiger partial charge in [0.25, 0.3) is 6.43 Å². The molecule has 0 fully saturated rings. The molecule has 0 spiro atoms. The topological polar surface area (TPSA) is 12.9 Å². The molecule has 0 unspecified atom stereocenters. The van der Waals surface area contributed by atoms with Gasteiger partial charge in [0.1, 0.15) is 0 Å². The lowest BCUT2D eigenvalue weighted by Crippen LogP contribution is -1.93. The summed E-state index contributed by atoms with van der Waals surface area (Å²) in [5.74, 6) is 0. The SMILES string of the molecule is Cc1ncc(I)cc1C(F)F. The fraction of sp³-hybridized carbons (Fsp3) is 0.286. The van der Waals surface area contributed by atoms with E-state index < -0.39 is 6.43 Å². The number of hydrogen-bond acceptors (Lipinski definition) is 1. The molecule has 0 aromatic carbocycles. The standard InChI is InChI=1S/C7H6F2IN/c1-4-6(7(8)9)2-5(10)3-11-4/h2-3,7H,1H3. The highest BCUT2D eigenvalue weighted by molar-refractivity contribution is 14.1. The molecule has 1 nitrogen and oxygen atoms in total. The van der Waals surface area contributed by atoms with Crippen LogP contribution < -0.4 is 0 Å². The molecule has 0 bridgehead atoms. The lowest BCUT2D eigenvalue weighted by atomic mass is 10.2. The summed E-state index contributed by atoms with van der Waals surface area (Å²) in [5, 5.41) is 0. The van der Waals surface area contributed by atoms with E-state index in [9.17, 15) is 8.78 Å². The molecule has 4 heteroatoms. The van der Waals surface area contributed by atoms with Crippen molar-refractivity contribution in [1.82, 2.24) is 4.98 Å². The largest absolute Gasteiger partial charge is 0.265 e. The monoisotopic (exact) mass is 269 g/mol. The Bertz CT molecular complexity index is 263. The number of alkyl halides is 2. The summed E-state index contributed by atoms with van der Waals surface area (Å²) in [6.07, 6.45) is -0.848. The maximum atomic E-state index is 12.2. The molecule has 1 rings (SSSR count). The van der Waals surface area contributed by atoms with E-state index in [1.807, 2.05) is 22.6 Å². The van der Waals surface area contributed by atoms with Gasteiger partial charge >= 0.3 is 0 Å². The minimum atomic E-state index is -2.42. The van der Waals surface area contributed by atoms with Crippen molar-refractivity contribution in [3.05, 3.63) is 27.1 Å². The van der Waals surface area contributed by atoms with E-state index in [-0.39, 0.29) is 5.56 Å². The third kappa shape index (κ3) is 2.08. The lowest BCUT2D eigenvalue weighted by molar-refractivity contribution is 0.150. The van der Waals surface area contributed by atoms with Gasteiger partial charge in [0.15, 0.2) is 0 Å². The van der Waals surface area contributed by atoms with Crippen molar-refractivity contribution in [2.75, 3.05) is 0 Å². The van der Waals surface area contributed by atoms with Gasteiger partial charge in [-0.2, -0.15) is 0 Å². The first-order chi connectivity index (χ1) is 5.11. The summed E-state index contributed by atoms with van der Waals surface area (Å²) in [6.45, 7) is 1.58. The zero-order chi connectivity index (χ0) is 8.43. The first kappa shape index (κ1) is 8.83. The molecule has 1 aromatic heterocycles. The van der Waals surface area contributed by atoms with Crippen molar-refractivity contribution in [3.63, 3.8) is 0 Å². The van der Waals surface area contributed by atoms with Gasteiger partial charge < -0.3 is 0 Å². The van der Waals surface area contributed by atoms with Crippen LogP contribution in [0.2, 0.25) is 0 Å². The highest BCUT2D eigenvalue weighted by Crippen LogP contribution is 2.22. The van der Waals surface area contributed by atoms with E-state index in [0.29, 0.717) is 5.69 Å². The molecule has 0 saturated carbocycles. The second kappa shape index (κ2) is 3.42. The van der Waals surface area contributed by atoms with E-state index >= 15 is 0 Å². The zero-order valence-corrected chi connectivity index (χ0v) is 7.97. The normalized spacial score (nSPS) is 10.6. The van der Waals surface area contributed by atoms with Crippen LogP contribution in [0.3, 0.4) is 0 Å². The Morgan fingerprint density at radius 3 is 2.64 bits per heavy atom. The van der Waals surface area contributed by atoms with Gasteiger partial charge in [-0.15, -0.1) is 0 Å². The number of aryl methyl sites for hydroxylation is 1. The van der Waals surface area contributed by atoms with Crippen molar-refractivity contribution in [3.8, 4) is 0 Å². The third-order valence-corrected chi connectivity index (χ3v) is 1.92. The maximum Gasteiger partial charge on any atom is 0.265 e. The average molecular weight is 269 g/mol. The molecule has 0 N–H and O–H groups in total. The van der Waals surface area contributed by atoms with Crippen LogP contribution in [0.1, 0.15) is 17.7 Å². The third-order valence-electron chi connectivity index (χ3n) is 1.33. The molecule has 60 valence electrons. The quantitative estimate of drug-likeness (QED) is 0.714. The van der Waals surface area contributed by atoms with Crippen molar-refractivity contribution >= 4 is 22.6 Å². The summed E-state index contributed by atoms with van der Waals surface area (Å²) in [5.41, 5.74) is 0.428. The number of aromatic nitrogens is 1. The van der Waals surface area contributed by atoms with E-state index in [0.717, 1.165) is 3.57 Å². The fourth-order valence-electron chi connectivity index (χ4n) is 0.744. The van der Waals surface area contributed by atoms with Crippen molar-refractivity contribution in [1.29, 1.82) is 0 Å². The van der Waals surface area contributed by atoms with Gasteiger partial charge in [0, 0.05) is 21.0 Å².